The van der Waals surface area contributed by atoms with E-state index in [9.17, 15) is 8.42 Å². The predicted molar refractivity (Wildman–Crippen MR) is 68.5 cm³/mol. The standard InChI is InChI=1S/C10H18N2O3S2/c1-3-15-8(2)6-12-17(13,14)10-4-9(5-11)7-16-10/h4,7-8,12H,3,5-6,11H2,1-2H3. The van der Waals surface area contributed by atoms with Crippen molar-refractivity contribution in [1.82, 2.24) is 4.72 Å². The lowest BCUT2D eigenvalue weighted by atomic mass is 10.4. The minimum atomic E-state index is -3.43. The van der Waals surface area contributed by atoms with Crippen LogP contribution in [0.3, 0.4) is 0 Å². The van der Waals surface area contributed by atoms with E-state index in [-0.39, 0.29) is 12.6 Å². The van der Waals surface area contributed by atoms with Crippen LogP contribution in [0.25, 0.3) is 0 Å². The van der Waals surface area contributed by atoms with Crippen LogP contribution in [-0.2, 0) is 21.3 Å². The molecule has 1 heterocycles. The molecule has 0 aliphatic rings. The van der Waals surface area contributed by atoms with E-state index < -0.39 is 10.0 Å². The molecule has 0 aliphatic carbocycles. The number of ether oxygens (including phenoxy) is 1. The first-order valence-electron chi connectivity index (χ1n) is 5.38. The zero-order valence-corrected chi connectivity index (χ0v) is 11.6. The average Bonchev–Trinajstić information content (AvgIpc) is 2.76. The van der Waals surface area contributed by atoms with Crippen LogP contribution in [0.1, 0.15) is 19.4 Å². The first kappa shape index (κ1) is 14.6. The number of hydrogen-bond donors (Lipinski definition) is 2. The Hall–Kier alpha value is -0.470. The molecule has 5 nitrogen and oxygen atoms in total. The van der Waals surface area contributed by atoms with Gasteiger partial charge >= 0.3 is 0 Å². The van der Waals surface area contributed by atoms with Crippen molar-refractivity contribution in [2.24, 2.45) is 5.73 Å². The molecule has 0 fully saturated rings. The fourth-order valence-corrected chi connectivity index (χ4v) is 3.62. The zero-order valence-electron chi connectivity index (χ0n) is 9.97. The van der Waals surface area contributed by atoms with Crippen molar-refractivity contribution in [1.29, 1.82) is 0 Å². The first-order valence-corrected chi connectivity index (χ1v) is 7.74. The van der Waals surface area contributed by atoms with Crippen molar-refractivity contribution in [3.8, 4) is 0 Å². The Morgan fingerprint density at radius 1 is 1.59 bits per heavy atom. The topological polar surface area (TPSA) is 81.4 Å². The second kappa shape index (κ2) is 6.46. The maximum Gasteiger partial charge on any atom is 0.250 e. The lowest BCUT2D eigenvalue weighted by molar-refractivity contribution is 0.0800. The summed E-state index contributed by atoms with van der Waals surface area (Å²) in [5, 5.41) is 1.75. The second-order valence-corrected chi connectivity index (χ2v) is 6.50. The van der Waals surface area contributed by atoms with Gasteiger partial charge in [-0.2, -0.15) is 0 Å². The SMILES string of the molecule is CCOC(C)CNS(=O)(=O)c1cc(CN)cs1. The van der Waals surface area contributed by atoms with E-state index in [2.05, 4.69) is 4.72 Å². The van der Waals surface area contributed by atoms with Gasteiger partial charge in [-0.1, -0.05) is 0 Å². The molecule has 0 bridgehead atoms. The molecule has 0 aliphatic heterocycles. The quantitative estimate of drug-likeness (QED) is 0.777. The van der Waals surface area contributed by atoms with Gasteiger partial charge in [0.2, 0.25) is 10.0 Å². The Bertz CT molecular complexity index is 442. The summed E-state index contributed by atoms with van der Waals surface area (Å²) in [5.74, 6) is 0. The van der Waals surface area contributed by atoms with Crippen LogP contribution in [0, 0.1) is 0 Å². The lowest BCUT2D eigenvalue weighted by Crippen LogP contribution is -2.31. The van der Waals surface area contributed by atoms with Crippen molar-refractivity contribution >= 4 is 21.4 Å². The molecule has 1 unspecified atom stereocenters. The van der Waals surface area contributed by atoms with Gasteiger partial charge in [-0.25, -0.2) is 13.1 Å². The van der Waals surface area contributed by atoms with Crippen LogP contribution in [0.2, 0.25) is 0 Å². The summed E-state index contributed by atoms with van der Waals surface area (Å²) >= 11 is 1.17. The third-order valence-electron chi connectivity index (χ3n) is 2.14. The van der Waals surface area contributed by atoms with E-state index >= 15 is 0 Å². The fraction of sp³-hybridized carbons (Fsp3) is 0.600. The van der Waals surface area contributed by atoms with Crippen molar-refractivity contribution in [3.63, 3.8) is 0 Å². The Kier molecular flexibility index (Phi) is 5.54. The number of sulfonamides is 1. The average molecular weight is 278 g/mol. The van der Waals surface area contributed by atoms with Crippen LogP contribution in [0.5, 0.6) is 0 Å². The van der Waals surface area contributed by atoms with Crippen LogP contribution in [0.4, 0.5) is 0 Å². The van der Waals surface area contributed by atoms with Crippen LogP contribution < -0.4 is 10.5 Å². The molecule has 3 N–H and O–H groups in total. The third kappa shape index (κ3) is 4.36. The molecule has 0 radical (unpaired) electrons. The highest BCUT2D eigenvalue weighted by atomic mass is 32.2. The maximum atomic E-state index is 11.9. The highest BCUT2D eigenvalue weighted by Gasteiger charge is 2.17. The van der Waals surface area contributed by atoms with Gasteiger partial charge in [-0.05, 0) is 30.9 Å². The molecular weight excluding hydrogens is 260 g/mol. The van der Waals surface area contributed by atoms with Gasteiger partial charge in [0.25, 0.3) is 0 Å². The first-order chi connectivity index (χ1) is 7.99. The van der Waals surface area contributed by atoms with Gasteiger partial charge < -0.3 is 10.5 Å². The second-order valence-electron chi connectivity index (χ2n) is 3.60. The molecule has 1 rings (SSSR count). The Labute approximate surface area is 106 Å². The third-order valence-corrected chi connectivity index (χ3v) is 5.05. The minimum absolute atomic E-state index is 0.135. The summed E-state index contributed by atoms with van der Waals surface area (Å²) in [4.78, 5) is 0. The van der Waals surface area contributed by atoms with Crippen molar-refractivity contribution < 1.29 is 13.2 Å². The van der Waals surface area contributed by atoms with Crippen molar-refractivity contribution in [3.05, 3.63) is 17.0 Å². The molecule has 0 saturated heterocycles. The summed E-state index contributed by atoms with van der Waals surface area (Å²) in [5.41, 5.74) is 6.27. The van der Waals surface area contributed by atoms with Gasteiger partial charge in [0.15, 0.2) is 0 Å². The minimum Gasteiger partial charge on any atom is -0.377 e. The summed E-state index contributed by atoms with van der Waals surface area (Å²) in [6, 6.07) is 1.60. The van der Waals surface area contributed by atoms with Crippen LogP contribution in [0.15, 0.2) is 15.7 Å². The molecule has 0 saturated carbocycles. The fourth-order valence-electron chi connectivity index (χ4n) is 1.24. The number of hydrogen-bond acceptors (Lipinski definition) is 5. The molecule has 1 aromatic rings. The summed E-state index contributed by atoms with van der Waals surface area (Å²) in [7, 11) is -3.43. The zero-order chi connectivity index (χ0) is 12.9. The number of rotatable bonds is 7. The molecule has 0 amide bonds. The molecule has 0 spiro atoms. The van der Waals surface area contributed by atoms with Gasteiger partial charge in [0, 0.05) is 19.7 Å². The van der Waals surface area contributed by atoms with Gasteiger partial charge in [0.1, 0.15) is 4.21 Å². The summed E-state index contributed by atoms with van der Waals surface area (Å²) < 4.78 is 31.8. The Morgan fingerprint density at radius 3 is 2.82 bits per heavy atom. The highest BCUT2D eigenvalue weighted by Crippen LogP contribution is 2.19. The monoisotopic (exact) mass is 278 g/mol. The largest absolute Gasteiger partial charge is 0.377 e. The van der Waals surface area contributed by atoms with E-state index in [4.69, 9.17) is 10.5 Å². The maximum absolute atomic E-state index is 11.9. The summed E-state index contributed by atoms with van der Waals surface area (Å²) in [6.45, 7) is 4.89. The van der Waals surface area contributed by atoms with Crippen molar-refractivity contribution in [2.45, 2.75) is 30.7 Å². The van der Waals surface area contributed by atoms with Crippen LogP contribution >= 0.6 is 11.3 Å². The van der Waals surface area contributed by atoms with Crippen LogP contribution in [-0.4, -0.2) is 27.7 Å². The molecule has 0 aromatic carbocycles. The molecule has 1 aromatic heterocycles. The smallest absolute Gasteiger partial charge is 0.250 e. The van der Waals surface area contributed by atoms with Gasteiger partial charge in [0.05, 0.1) is 6.10 Å². The molecule has 98 valence electrons. The molecule has 17 heavy (non-hydrogen) atoms. The number of nitrogens with one attached hydrogen (secondary N) is 1. The molecule has 1 atom stereocenters. The van der Waals surface area contributed by atoms with E-state index in [0.29, 0.717) is 17.4 Å². The van der Waals surface area contributed by atoms with Gasteiger partial charge in [-0.3, -0.25) is 0 Å². The van der Waals surface area contributed by atoms with E-state index in [1.807, 2.05) is 13.8 Å². The molecule has 7 heteroatoms. The number of thiophene rings is 1. The van der Waals surface area contributed by atoms with E-state index in [1.165, 1.54) is 11.3 Å². The normalized spacial score (nSPS) is 13.8. The lowest BCUT2D eigenvalue weighted by Gasteiger charge is -2.12. The van der Waals surface area contributed by atoms with Crippen molar-refractivity contribution in [2.75, 3.05) is 13.2 Å². The van der Waals surface area contributed by atoms with Gasteiger partial charge in [-0.15, -0.1) is 11.3 Å². The predicted octanol–water partition coefficient (Wildman–Crippen LogP) is 0.910. The number of nitrogens with two attached hydrogens (primary N) is 1. The molecular formula is C10H18N2O3S2. The highest BCUT2D eigenvalue weighted by molar-refractivity contribution is 7.91. The van der Waals surface area contributed by atoms with E-state index in [1.54, 1.807) is 11.4 Å². The van der Waals surface area contributed by atoms with E-state index in [0.717, 1.165) is 5.56 Å². The Balaban J connectivity index is 2.62. The Morgan fingerprint density at radius 2 is 2.29 bits per heavy atom. The summed E-state index contributed by atoms with van der Waals surface area (Å²) in [6.07, 6.45) is -0.135.